The van der Waals surface area contributed by atoms with Crippen molar-refractivity contribution in [2.24, 2.45) is 0 Å². The van der Waals surface area contributed by atoms with Crippen molar-refractivity contribution in [2.75, 3.05) is 13.7 Å². The number of aromatic nitrogens is 1. The van der Waals surface area contributed by atoms with Crippen molar-refractivity contribution in [3.8, 4) is 5.75 Å². The molecule has 0 saturated heterocycles. The van der Waals surface area contributed by atoms with Crippen LogP contribution < -0.4 is 4.74 Å². The smallest absolute Gasteiger partial charge is 0.343 e. The molecule has 0 fully saturated rings. The van der Waals surface area contributed by atoms with Gasteiger partial charge in [-0.1, -0.05) is 20.8 Å². The normalized spacial score (nSPS) is 11.6. The fourth-order valence-corrected chi connectivity index (χ4v) is 1.84. The Morgan fingerprint density at radius 1 is 1.37 bits per heavy atom. The molecule has 0 amide bonds. The maximum atomic E-state index is 11.1. The lowest BCUT2D eigenvalue weighted by molar-refractivity contribution is -0.142. The minimum Gasteiger partial charge on any atom is -0.480 e. The average Bonchev–Trinajstić information content (AvgIpc) is 2.80. The minimum absolute atomic E-state index is 0.0750. The lowest BCUT2D eigenvalue weighted by atomic mass is 9.89. The molecule has 4 heteroatoms. The highest BCUT2D eigenvalue weighted by Gasteiger charge is 2.17. The van der Waals surface area contributed by atoms with Crippen LogP contribution in [-0.2, 0) is 14.9 Å². The van der Waals surface area contributed by atoms with Crippen LogP contribution in [0.4, 0.5) is 0 Å². The lowest BCUT2D eigenvalue weighted by Gasteiger charge is -2.15. The van der Waals surface area contributed by atoms with Crippen LogP contribution in [-0.4, -0.2) is 24.1 Å². The number of ether oxygens (including phenoxy) is 2. The molecule has 0 saturated carbocycles. The largest absolute Gasteiger partial charge is 0.480 e. The van der Waals surface area contributed by atoms with E-state index < -0.39 is 0 Å². The molecule has 2 rings (SSSR count). The first kappa shape index (κ1) is 13.5. The molecule has 0 bridgehead atoms. The van der Waals surface area contributed by atoms with Crippen LogP contribution in [0.25, 0.3) is 5.52 Å². The van der Waals surface area contributed by atoms with E-state index in [1.807, 2.05) is 22.7 Å². The summed E-state index contributed by atoms with van der Waals surface area (Å²) in [5.41, 5.74) is 2.25. The highest BCUT2D eigenvalue weighted by molar-refractivity contribution is 5.72. The molecule has 0 unspecified atom stereocenters. The third-order valence-electron chi connectivity index (χ3n) is 3.03. The first-order chi connectivity index (χ1) is 8.91. The van der Waals surface area contributed by atoms with Crippen LogP contribution >= 0.6 is 0 Å². The van der Waals surface area contributed by atoms with Gasteiger partial charge in [0.2, 0.25) is 0 Å². The van der Waals surface area contributed by atoms with Crippen LogP contribution in [0, 0.1) is 0 Å². The number of fused-ring (bicyclic) bond motifs is 1. The van der Waals surface area contributed by atoms with Gasteiger partial charge in [-0.25, -0.2) is 4.79 Å². The monoisotopic (exact) mass is 261 g/mol. The average molecular weight is 261 g/mol. The molecule has 0 aromatic carbocycles. The van der Waals surface area contributed by atoms with Gasteiger partial charge in [0.1, 0.15) is 5.75 Å². The molecule has 19 heavy (non-hydrogen) atoms. The summed E-state index contributed by atoms with van der Waals surface area (Å²) < 4.78 is 12.1. The van der Waals surface area contributed by atoms with E-state index in [2.05, 4.69) is 37.8 Å². The molecule has 0 aliphatic heterocycles. The molecule has 0 aliphatic rings. The van der Waals surface area contributed by atoms with E-state index in [1.54, 1.807) is 0 Å². The summed E-state index contributed by atoms with van der Waals surface area (Å²) in [4.78, 5) is 11.1. The van der Waals surface area contributed by atoms with Gasteiger partial charge in [-0.05, 0) is 29.2 Å². The Balaban J connectivity index is 2.34. The second kappa shape index (κ2) is 4.96. The summed E-state index contributed by atoms with van der Waals surface area (Å²) >= 11 is 0. The number of nitrogens with zero attached hydrogens (tertiary/aromatic N) is 1. The Morgan fingerprint density at radius 2 is 2.11 bits per heavy atom. The van der Waals surface area contributed by atoms with Crippen LogP contribution in [0.15, 0.2) is 30.6 Å². The third kappa shape index (κ3) is 2.89. The summed E-state index contributed by atoms with van der Waals surface area (Å²) in [6.45, 7) is 6.41. The van der Waals surface area contributed by atoms with Crippen molar-refractivity contribution in [2.45, 2.75) is 26.2 Å². The van der Waals surface area contributed by atoms with E-state index in [4.69, 9.17) is 4.74 Å². The number of carbonyl (C=O) groups is 1. The number of esters is 1. The Bertz CT molecular complexity index is 593. The molecule has 2 heterocycles. The van der Waals surface area contributed by atoms with Gasteiger partial charge in [0.15, 0.2) is 6.61 Å². The highest BCUT2D eigenvalue weighted by Crippen LogP contribution is 2.28. The van der Waals surface area contributed by atoms with Gasteiger partial charge in [-0.3, -0.25) is 0 Å². The lowest BCUT2D eigenvalue weighted by Crippen LogP contribution is -2.12. The number of rotatable bonds is 3. The van der Waals surface area contributed by atoms with Crippen LogP contribution in [0.2, 0.25) is 0 Å². The number of hydrogen-bond donors (Lipinski definition) is 0. The fraction of sp³-hybridized carbons (Fsp3) is 0.400. The SMILES string of the molecule is COC(=O)COc1cccn2cc(C(C)(C)C)cc12. The molecular weight excluding hydrogens is 242 g/mol. The molecule has 0 spiro atoms. The molecule has 0 N–H and O–H groups in total. The topological polar surface area (TPSA) is 39.9 Å². The Labute approximate surface area is 112 Å². The van der Waals surface area contributed by atoms with E-state index in [9.17, 15) is 4.79 Å². The van der Waals surface area contributed by atoms with Crippen LogP contribution in [0.5, 0.6) is 5.75 Å². The van der Waals surface area contributed by atoms with Gasteiger partial charge in [0.25, 0.3) is 0 Å². The van der Waals surface area contributed by atoms with E-state index in [1.165, 1.54) is 12.7 Å². The maximum absolute atomic E-state index is 11.1. The fourth-order valence-electron chi connectivity index (χ4n) is 1.84. The Morgan fingerprint density at radius 3 is 2.74 bits per heavy atom. The van der Waals surface area contributed by atoms with Crippen molar-refractivity contribution in [1.29, 1.82) is 0 Å². The number of hydrogen-bond acceptors (Lipinski definition) is 3. The highest BCUT2D eigenvalue weighted by atomic mass is 16.6. The molecule has 0 atom stereocenters. The van der Waals surface area contributed by atoms with Crippen molar-refractivity contribution in [3.63, 3.8) is 0 Å². The Kier molecular flexibility index (Phi) is 3.51. The second-order valence-corrected chi connectivity index (χ2v) is 5.51. The van der Waals surface area contributed by atoms with Gasteiger partial charge in [-0.2, -0.15) is 0 Å². The summed E-state index contributed by atoms with van der Waals surface area (Å²) in [7, 11) is 1.35. The predicted molar refractivity (Wildman–Crippen MR) is 73.6 cm³/mol. The first-order valence-corrected chi connectivity index (χ1v) is 6.22. The zero-order valence-corrected chi connectivity index (χ0v) is 11.8. The van der Waals surface area contributed by atoms with E-state index in [-0.39, 0.29) is 18.0 Å². The van der Waals surface area contributed by atoms with Crippen molar-refractivity contribution in [3.05, 3.63) is 36.2 Å². The van der Waals surface area contributed by atoms with E-state index in [0.29, 0.717) is 5.75 Å². The van der Waals surface area contributed by atoms with Crippen molar-refractivity contribution < 1.29 is 14.3 Å². The summed E-state index contributed by atoms with van der Waals surface area (Å²) in [5, 5.41) is 0. The quantitative estimate of drug-likeness (QED) is 0.798. The molecule has 4 nitrogen and oxygen atoms in total. The molecule has 2 aromatic rings. The second-order valence-electron chi connectivity index (χ2n) is 5.51. The zero-order valence-electron chi connectivity index (χ0n) is 11.8. The molecular formula is C15H19NO3. The predicted octanol–water partition coefficient (Wildman–Crippen LogP) is 2.79. The molecule has 102 valence electrons. The summed E-state index contributed by atoms with van der Waals surface area (Å²) in [5.74, 6) is 0.299. The molecule has 0 aliphatic carbocycles. The molecule has 0 radical (unpaired) electrons. The van der Waals surface area contributed by atoms with E-state index in [0.717, 1.165) is 5.52 Å². The number of methoxy groups -OCH3 is 1. The number of carbonyl (C=O) groups excluding carboxylic acids is 1. The van der Waals surface area contributed by atoms with Gasteiger partial charge < -0.3 is 13.9 Å². The Hall–Kier alpha value is -1.97. The number of pyridine rings is 1. The van der Waals surface area contributed by atoms with Gasteiger partial charge in [0.05, 0.1) is 12.6 Å². The molecule has 2 aromatic heterocycles. The standard InChI is InChI=1S/C15H19NO3/c1-15(2,3)11-8-12-13(19-10-14(17)18-4)6-5-7-16(12)9-11/h5-9H,10H2,1-4H3. The van der Waals surface area contributed by atoms with Crippen molar-refractivity contribution in [1.82, 2.24) is 4.40 Å². The summed E-state index contributed by atoms with van der Waals surface area (Å²) in [6.07, 6.45) is 4.05. The minimum atomic E-state index is -0.385. The van der Waals surface area contributed by atoms with Crippen LogP contribution in [0.3, 0.4) is 0 Å². The zero-order chi connectivity index (χ0) is 14.0. The van der Waals surface area contributed by atoms with Gasteiger partial charge in [0, 0.05) is 12.4 Å². The van der Waals surface area contributed by atoms with Crippen molar-refractivity contribution >= 4 is 11.5 Å². The van der Waals surface area contributed by atoms with Crippen LogP contribution in [0.1, 0.15) is 26.3 Å². The van der Waals surface area contributed by atoms with Gasteiger partial charge >= 0.3 is 5.97 Å². The van der Waals surface area contributed by atoms with Gasteiger partial charge in [-0.15, -0.1) is 0 Å². The van der Waals surface area contributed by atoms with E-state index >= 15 is 0 Å². The summed E-state index contributed by atoms with van der Waals surface area (Å²) in [6, 6.07) is 5.84. The third-order valence-corrected chi connectivity index (χ3v) is 3.03. The maximum Gasteiger partial charge on any atom is 0.343 e. The first-order valence-electron chi connectivity index (χ1n) is 6.22.